The smallest absolute Gasteiger partial charge is 0.330 e. The molecular formula is C19H17ClN4O5. The van der Waals surface area contributed by atoms with E-state index >= 15 is 0 Å². The van der Waals surface area contributed by atoms with Gasteiger partial charge >= 0.3 is 5.97 Å². The van der Waals surface area contributed by atoms with Gasteiger partial charge in [0, 0.05) is 10.6 Å². The maximum atomic E-state index is 12.4. The number of methoxy groups -OCH3 is 2. The van der Waals surface area contributed by atoms with Crippen molar-refractivity contribution in [3.8, 4) is 22.9 Å². The van der Waals surface area contributed by atoms with Crippen molar-refractivity contribution in [1.82, 2.24) is 20.2 Å². The number of carbonyl (C=O) groups is 2. The number of benzene rings is 2. The summed E-state index contributed by atoms with van der Waals surface area (Å²) in [5, 5.41) is 12.4. The van der Waals surface area contributed by atoms with Crippen molar-refractivity contribution in [2.75, 3.05) is 20.8 Å². The molecule has 9 nitrogen and oxygen atoms in total. The summed E-state index contributed by atoms with van der Waals surface area (Å²) in [5.41, 5.74) is 0.956. The Morgan fingerprint density at radius 1 is 1.07 bits per heavy atom. The largest absolute Gasteiger partial charge is 0.497 e. The van der Waals surface area contributed by atoms with Crippen LogP contribution >= 0.6 is 11.6 Å². The first-order valence-corrected chi connectivity index (χ1v) is 8.82. The van der Waals surface area contributed by atoms with E-state index in [0.29, 0.717) is 27.9 Å². The molecule has 1 aromatic heterocycles. The number of hydrogen-bond acceptors (Lipinski definition) is 8. The molecule has 0 bridgehead atoms. The molecule has 0 spiro atoms. The number of halogens is 1. The fourth-order valence-corrected chi connectivity index (χ4v) is 2.57. The highest BCUT2D eigenvalue weighted by molar-refractivity contribution is 6.30. The molecule has 3 rings (SSSR count). The minimum atomic E-state index is -0.680. The van der Waals surface area contributed by atoms with Crippen molar-refractivity contribution in [1.29, 1.82) is 0 Å². The molecule has 0 fully saturated rings. The molecule has 10 heteroatoms. The molecule has 0 aliphatic heterocycles. The average molecular weight is 417 g/mol. The summed E-state index contributed by atoms with van der Waals surface area (Å²) >= 11 is 5.85. The van der Waals surface area contributed by atoms with Crippen LogP contribution in [0.25, 0.3) is 11.4 Å². The molecule has 3 aromatic rings. The molecule has 0 atom stereocenters. The van der Waals surface area contributed by atoms with E-state index in [1.807, 2.05) is 0 Å². The lowest BCUT2D eigenvalue weighted by atomic mass is 10.1. The molecule has 1 heterocycles. The van der Waals surface area contributed by atoms with Crippen molar-refractivity contribution in [3.05, 3.63) is 53.1 Å². The van der Waals surface area contributed by atoms with Gasteiger partial charge in [-0.25, -0.2) is 4.79 Å². The summed E-state index contributed by atoms with van der Waals surface area (Å²) in [7, 11) is 2.93. The van der Waals surface area contributed by atoms with Crippen LogP contribution in [0.4, 0.5) is 0 Å². The van der Waals surface area contributed by atoms with Gasteiger partial charge in [-0.05, 0) is 47.7 Å². The quantitative estimate of drug-likeness (QED) is 0.407. The monoisotopic (exact) mass is 416 g/mol. The number of Topliss-reactive ketones (excluding diaryl/α,β-unsaturated/α-hetero) is 1. The van der Waals surface area contributed by atoms with E-state index < -0.39 is 18.4 Å². The van der Waals surface area contributed by atoms with Gasteiger partial charge in [-0.3, -0.25) is 4.79 Å². The zero-order chi connectivity index (χ0) is 20.8. The normalized spacial score (nSPS) is 10.4. The number of aromatic nitrogens is 4. The number of ketones is 1. The molecule has 0 unspecified atom stereocenters. The van der Waals surface area contributed by atoms with Gasteiger partial charge in [0.05, 0.1) is 19.8 Å². The zero-order valence-electron chi connectivity index (χ0n) is 15.7. The number of esters is 1. The highest BCUT2D eigenvalue weighted by atomic mass is 35.5. The molecular weight excluding hydrogens is 400 g/mol. The average Bonchev–Trinajstić information content (AvgIpc) is 3.20. The first-order valence-electron chi connectivity index (χ1n) is 8.44. The molecule has 2 aromatic carbocycles. The Labute approximate surface area is 171 Å². The third kappa shape index (κ3) is 5.08. The number of tetrazole rings is 1. The lowest BCUT2D eigenvalue weighted by molar-refractivity contribution is -0.143. The van der Waals surface area contributed by atoms with Crippen LogP contribution in [-0.2, 0) is 16.1 Å². The van der Waals surface area contributed by atoms with Gasteiger partial charge in [0.2, 0.25) is 11.6 Å². The molecule has 0 aliphatic carbocycles. The number of carbonyl (C=O) groups excluding carboxylic acids is 2. The minimum absolute atomic E-state index is 0.253. The Balaban J connectivity index is 1.59. The zero-order valence-corrected chi connectivity index (χ0v) is 16.4. The highest BCUT2D eigenvalue weighted by Crippen LogP contribution is 2.24. The summed E-state index contributed by atoms with van der Waals surface area (Å²) in [6.45, 7) is -0.746. The minimum Gasteiger partial charge on any atom is -0.497 e. The molecule has 150 valence electrons. The second kappa shape index (κ2) is 9.16. The van der Waals surface area contributed by atoms with Crippen LogP contribution in [0.2, 0.25) is 5.02 Å². The van der Waals surface area contributed by atoms with E-state index in [1.165, 1.54) is 20.3 Å². The molecule has 0 saturated heterocycles. The maximum Gasteiger partial charge on any atom is 0.330 e. The second-order valence-electron chi connectivity index (χ2n) is 5.80. The van der Waals surface area contributed by atoms with E-state index in [0.717, 1.165) is 4.80 Å². The van der Waals surface area contributed by atoms with Crippen LogP contribution in [0, 0.1) is 0 Å². The van der Waals surface area contributed by atoms with E-state index in [2.05, 4.69) is 15.4 Å². The topological polar surface area (TPSA) is 105 Å². The van der Waals surface area contributed by atoms with Gasteiger partial charge < -0.3 is 14.2 Å². The predicted molar refractivity (Wildman–Crippen MR) is 103 cm³/mol. The van der Waals surface area contributed by atoms with Gasteiger partial charge in [-0.15, -0.1) is 10.2 Å². The summed E-state index contributed by atoms with van der Waals surface area (Å²) in [5.74, 6) is 0.0776. The van der Waals surface area contributed by atoms with E-state index in [1.54, 1.807) is 36.4 Å². The SMILES string of the molecule is COc1ccc(OC)c(C(=O)COC(=O)Cn2nnc(-c3ccc(Cl)cc3)n2)c1. The lowest BCUT2D eigenvalue weighted by Crippen LogP contribution is -2.20. The molecule has 0 N–H and O–H groups in total. The van der Waals surface area contributed by atoms with Gasteiger partial charge in [0.1, 0.15) is 11.5 Å². The molecule has 0 saturated carbocycles. The molecule has 0 aliphatic rings. The van der Waals surface area contributed by atoms with Crippen LogP contribution in [0.15, 0.2) is 42.5 Å². The fourth-order valence-electron chi connectivity index (χ4n) is 2.44. The second-order valence-corrected chi connectivity index (χ2v) is 6.24. The number of nitrogens with zero attached hydrogens (tertiary/aromatic N) is 4. The Morgan fingerprint density at radius 3 is 2.52 bits per heavy atom. The molecule has 0 radical (unpaired) electrons. The maximum absolute atomic E-state index is 12.4. The first-order chi connectivity index (χ1) is 14.0. The lowest BCUT2D eigenvalue weighted by Gasteiger charge is -2.10. The Morgan fingerprint density at radius 2 is 1.83 bits per heavy atom. The van der Waals surface area contributed by atoms with Crippen LogP contribution < -0.4 is 9.47 Å². The van der Waals surface area contributed by atoms with Crippen molar-refractivity contribution in [2.45, 2.75) is 6.54 Å². The summed E-state index contributed by atoms with van der Waals surface area (Å²) < 4.78 is 15.3. The summed E-state index contributed by atoms with van der Waals surface area (Å²) in [6, 6.07) is 11.7. The van der Waals surface area contributed by atoms with Crippen molar-refractivity contribution >= 4 is 23.4 Å². The van der Waals surface area contributed by atoms with Crippen LogP contribution in [0.5, 0.6) is 11.5 Å². The van der Waals surface area contributed by atoms with E-state index in [4.69, 9.17) is 25.8 Å². The number of ether oxygens (including phenoxy) is 3. The van der Waals surface area contributed by atoms with Gasteiger partial charge in [-0.2, -0.15) is 4.80 Å². The highest BCUT2D eigenvalue weighted by Gasteiger charge is 2.17. The number of rotatable bonds is 8. The summed E-state index contributed by atoms with van der Waals surface area (Å²) in [6.07, 6.45) is 0. The Hall–Kier alpha value is -3.46. The van der Waals surface area contributed by atoms with Gasteiger partial charge in [-0.1, -0.05) is 11.6 Å². The van der Waals surface area contributed by atoms with Crippen LogP contribution in [0.3, 0.4) is 0 Å². The van der Waals surface area contributed by atoms with Gasteiger partial charge in [0.15, 0.2) is 13.2 Å². The van der Waals surface area contributed by atoms with E-state index in [-0.39, 0.29) is 12.1 Å². The predicted octanol–water partition coefficient (Wildman–Crippen LogP) is 2.44. The van der Waals surface area contributed by atoms with Crippen LogP contribution in [0.1, 0.15) is 10.4 Å². The Kier molecular flexibility index (Phi) is 6.40. The third-order valence-corrected chi connectivity index (χ3v) is 4.15. The number of hydrogen-bond donors (Lipinski definition) is 0. The van der Waals surface area contributed by atoms with Crippen molar-refractivity contribution in [3.63, 3.8) is 0 Å². The van der Waals surface area contributed by atoms with Crippen molar-refractivity contribution in [2.24, 2.45) is 0 Å². The van der Waals surface area contributed by atoms with Gasteiger partial charge in [0.25, 0.3) is 0 Å². The molecule has 0 amide bonds. The van der Waals surface area contributed by atoms with E-state index in [9.17, 15) is 9.59 Å². The summed E-state index contributed by atoms with van der Waals surface area (Å²) in [4.78, 5) is 25.5. The first kappa shape index (κ1) is 20.3. The Bertz CT molecular complexity index is 1020. The molecule has 29 heavy (non-hydrogen) atoms. The third-order valence-electron chi connectivity index (χ3n) is 3.90. The standard InChI is InChI=1S/C19H17ClN4O5/c1-27-14-7-8-17(28-2)15(9-14)16(25)11-29-18(26)10-24-22-19(21-23-24)12-3-5-13(20)6-4-12/h3-9H,10-11H2,1-2H3. The fraction of sp³-hybridized carbons (Fsp3) is 0.211. The van der Waals surface area contributed by atoms with Crippen molar-refractivity contribution < 1.29 is 23.8 Å². The van der Waals surface area contributed by atoms with Crippen LogP contribution in [-0.4, -0.2) is 52.8 Å².